The molecule has 0 spiro atoms. The molecule has 0 atom stereocenters. The molecule has 10 aliphatic rings. The Hall–Kier alpha value is -4.56. The minimum atomic E-state index is -0.381. The number of carbonyl (C=O) groups excluding carboxylic acids is 8. The van der Waals surface area contributed by atoms with Gasteiger partial charge in [0.25, 0.3) is 0 Å². The lowest BCUT2D eigenvalue weighted by Gasteiger charge is -2.55. The van der Waals surface area contributed by atoms with Gasteiger partial charge in [0.2, 0.25) is 40.5 Å². The lowest BCUT2D eigenvalue weighted by molar-refractivity contribution is -0.161. The van der Waals surface area contributed by atoms with Crippen molar-refractivity contribution in [3.05, 3.63) is 239 Å². The molecule has 0 N–H and O–H groups in total. The summed E-state index contributed by atoms with van der Waals surface area (Å²) in [4.78, 5) is 96.6. The summed E-state index contributed by atoms with van der Waals surface area (Å²) in [5, 5.41) is 0.690. The highest BCUT2D eigenvalue weighted by atomic mass is 127. The highest BCUT2D eigenvalue weighted by Crippen LogP contribution is 2.60. The van der Waals surface area contributed by atoms with Crippen molar-refractivity contribution in [1.82, 2.24) is 0 Å². The number of hydrogen-bond acceptors (Lipinski definition) is 9. The average Bonchev–Trinajstić information content (AvgIpc) is 0.768. The fourth-order valence-electron chi connectivity index (χ4n) is 16.8. The van der Waals surface area contributed by atoms with E-state index in [1.54, 1.807) is 54.6 Å². The molecule has 632 valence electrons. The smallest absolute Gasteiger partial charge is 0.317 e. The van der Waals surface area contributed by atoms with Gasteiger partial charge in [-0.3, -0.25) is 38.4 Å². The second kappa shape index (κ2) is 50.4. The normalized spacial score (nSPS) is 20.2. The van der Waals surface area contributed by atoms with Gasteiger partial charge < -0.3 is 4.74 Å². The van der Waals surface area contributed by atoms with Gasteiger partial charge >= 0.3 is 5.97 Å². The molecule has 4 saturated carbocycles. The van der Waals surface area contributed by atoms with E-state index in [0.717, 1.165) is 98.3 Å². The van der Waals surface area contributed by atoms with Crippen molar-refractivity contribution in [2.45, 2.75) is 136 Å². The predicted octanol–water partition coefficient (Wildman–Crippen LogP) is 21.2. The molecule has 0 unspecified atom stereocenters. The maximum Gasteiger partial charge on any atom is 0.317 e. The molecule has 9 nitrogen and oxygen atoms in total. The molecule has 0 amide bonds. The summed E-state index contributed by atoms with van der Waals surface area (Å²) in [6.45, 7) is 4.32. The van der Waals surface area contributed by atoms with Crippen molar-refractivity contribution in [2.24, 2.45) is 23.2 Å². The molecule has 17 rings (SSSR count). The van der Waals surface area contributed by atoms with Gasteiger partial charge in [-0.2, -0.15) is 0 Å². The number of ether oxygens (including phenoxy) is 1. The van der Waals surface area contributed by atoms with Crippen LogP contribution < -0.4 is 4.74 Å². The van der Waals surface area contributed by atoms with E-state index in [2.05, 4.69) is 52.4 Å². The Morgan fingerprint density at radius 2 is 0.737 bits per heavy atom. The zero-order valence-corrected chi connectivity index (χ0v) is 78.7. The predicted molar refractivity (Wildman–Crippen MR) is 512 cm³/mol. The van der Waals surface area contributed by atoms with Gasteiger partial charge in [-0.25, -0.2) is 13.2 Å². The van der Waals surface area contributed by atoms with Crippen molar-refractivity contribution in [1.29, 1.82) is 0 Å². The van der Waals surface area contributed by atoms with Crippen LogP contribution in [-0.4, -0.2) is 167 Å². The van der Waals surface area contributed by atoms with Crippen LogP contribution in [0.1, 0.15) is 208 Å². The van der Waals surface area contributed by atoms with Gasteiger partial charge in [0.05, 0.1) is 11.0 Å². The van der Waals surface area contributed by atoms with Crippen LogP contribution in [0.4, 0.5) is 13.2 Å². The molecule has 4 aliphatic carbocycles. The first kappa shape index (κ1) is 95.7. The van der Waals surface area contributed by atoms with Gasteiger partial charge in [0.1, 0.15) is 104 Å². The van der Waals surface area contributed by atoms with Crippen molar-refractivity contribution in [3.8, 4) is 5.75 Å². The van der Waals surface area contributed by atoms with Crippen LogP contribution in [0.25, 0.3) is 0 Å². The molecule has 0 aromatic heterocycles. The van der Waals surface area contributed by atoms with Crippen LogP contribution in [0.3, 0.4) is 0 Å². The Bertz CT molecular complexity index is 4050. The highest BCUT2D eigenvalue weighted by Gasteiger charge is 2.56. The van der Waals surface area contributed by atoms with E-state index >= 15 is 0 Å². The maximum absolute atomic E-state index is 13.4. The van der Waals surface area contributed by atoms with E-state index in [1.165, 1.54) is 194 Å². The molecule has 6 aliphatic heterocycles. The minimum Gasteiger partial charge on any atom is -0.426 e. The third kappa shape index (κ3) is 31.9. The molecule has 7 aromatic carbocycles. The van der Waals surface area contributed by atoms with Gasteiger partial charge in [-0.15, -0.1) is 0 Å². The van der Waals surface area contributed by atoms with Gasteiger partial charge in [-0.05, 0) is 374 Å². The number of Topliss-reactive ketones (excluding diaryl/α,β-unsaturated/α-hetero) is 7. The number of ketones is 7. The Morgan fingerprint density at radius 3 is 1.13 bits per heavy atom. The Labute approximate surface area is 746 Å². The van der Waals surface area contributed by atoms with Crippen LogP contribution in [0.15, 0.2) is 174 Å². The Kier molecular flexibility index (Phi) is 40.9. The first-order valence-corrected chi connectivity index (χ1v) is 56.5. The van der Waals surface area contributed by atoms with Gasteiger partial charge in [0.15, 0.2) is 40.3 Å². The standard InChI is InChI=1S/C23H29O3S.C13H16FOS.C12H14BrOS.C12H14ClOS.2C12H14FOS.C12H16IOS/c24-21(15-27-7-1-2-8-27)19-3-5-20(6-4-19)26-22(25)23-12-16-9-17(13-23)11-18(10-16)14-23;14-12-7-3-2-6-11(12)13(15)10-16-8-4-1-5-9-16;3*13-11-5-3-10(4-6-11)12(14)9-15-7-1-2-8-15;13-11-5-3-4-10(8-11)12(14)9-15-6-1-2-7-15;1-3-15(4-2)9-12(14)10-5-7-11(13)8-6-10/h3-6,16-18H,1-2,7-15H2;2-3,6-7H,1,4-5,8-10H2;3*3-6H,1-2,7-9H2;3-5,8H,1-2,6-7,9H2;5-8H,3-4,9H2,1-2H3/q7*+1. The van der Waals surface area contributed by atoms with E-state index in [4.69, 9.17) is 16.3 Å². The number of esters is 1. The summed E-state index contributed by atoms with van der Waals surface area (Å²) in [5.41, 5.74) is 4.48. The maximum atomic E-state index is 13.4. The number of hydrogen-bond donors (Lipinski definition) is 0. The van der Waals surface area contributed by atoms with Gasteiger partial charge in [0, 0.05) is 46.4 Å². The number of benzene rings is 7. The minimum absolute atomic E-state index is 0.0203. The second-order valence-corrected chi connectivity index (χ2v) is 51.3. The fraction of sp³-hybridized carbons (Fsp3) is 0.479. The van der Waals surface area contributed by atoms with Crippen molar-refractivity contribution < 1.29 is 56.3 Å². The fourth-order valence-corrected chi connectivity index (χ4v) is 32.4. The van der Waals surface area contributed by atoms with E-state index in [-0.39, 0.29) is 107 Å². The van der Waals surface area contributed by atoms with Gasteiger partial charge in [-0.1, -0.05) is 76.1 Å². The molecule has 0 radical (unpaired) electrons. The topological polar surface area (TPSA) is 146 Å². The lowest BCUT2D eigenvalue weighted by atomic mass is 9.49. The molecular formula is C96H117BrClF3IO9S7+7. The molecule has 10 fully saturated rings. The van der Waals surface area contributed by atoms with Crippen molar-refractivity contribution in [3.63, 3.8) is 0 Å². The molecular weight excluding hydrogens is 1820 g/mol. The molecule has 4 bridgehead atoms. The molecule has 6 heterocycles. The Morgan fingerprint density at radius 1 is 0.398 bits per heavy atom. The lowest BCUT2D eigenvalue weighted by Crippen LogP contribution is -2.51. The summed E-state index contributed by atoms with van der Waals surface area (Å²) < 4.78 is 46.9. The SMILES string of the molecule is CC[S+](CC)CC(=O)c1ccc(I)cc1.O=C(C[S+]1CCCC1)c1ccc(Br)cc1.O=C(C[S+]1CCCC1)c1ccc(Cl)cc1.O=C(C[S+]1CCCC1)c1ccc(F)cc1.O=C(C[S+]1CCCC1)c1ccc(OC(=O)C23CC4CC(CC(C4)C2)C3)cc1.O=C(C[S+]1CCCC1)c1cccc(F)c1.O=C(C[S+]1CCCCC1)c1ccccc1F. The van der Waals surface area contributed by atoms with E-state index in [1.807, 2.05) is 84.9 Å². The van der Waals surface area contributed by atoms with Crippen LogP contribution in [0.2, 0.25) is 5.02 Å². The van der Waals surface area contributed by atoms with E-state index in [9.17, 15) is 51.5 Å². The first-order valence-electron chi connectivity index (χ1n) is 42.1. The van der Waals surface area contributed by atoms with Crippen molar-refractivity contribution in [2.75, 3.05) is 121 Å². The van der Waals surface area contributed by atoms with Crippen LogP contribution in [0.5, 0.6) is 5.75 Å². The second-order valence-electron chi connectivity index (χ2n) is 32.0. The average molecular weight is 1940 g/mol. The summed E-state index contributed by atoms with van der Waals surface area (Å²) >= 11 is 11.4. The van der Waals surface area contributed by atoms with Crippen LogP contribution in [0, 0.1) is 44.2 Å². The molecule has 6 saturated heterocycles. The third-order valence-electron chi connectivity index (χ3n) is 23.0. The molecule has 7 aromatic rings. The highest BCUT2D eigenvalue weighted by molar-refractivity contribution is 14.1. The summed E-state index contributed by atoms with van der Waals surface area (Å²) in [6.07, 6.45) is 23.6. The third-order valence-corrected chi connectivity index (χ3v) is 41.2. The number of carbonyl (C=O) groups is 8. The summed E-state index contributed by atoms with van der Waals surface area (Å²) in [6, 6.07) is 48.2. The molecule has 22 heteroatoms. The summed E-state index contributed by atoms with van der Waals surface area (Å²) in [7, 11) is 2.05. The van der Waals surface area contributed by atoms with E-state index in [0.29, 0.717) is 94.9 Å². The molecule has 118 heavy (non-hydrogen) atoms. The quantitative estimate of drug-likeness (QED) is 0.0179. The van der Waals surface area contributed by atoms with Crippen LogP contribution in [-0.2, 0) is 81.1 Å². The zero-order valence-electron chi connectivity index (χ0n) is 68.5. The number of rotatable bonds is 25. The monoisotopic (exact) mass is 1940 g/mol. The van der Waals surface area contributed by atoms with Crippen LogP contribution >= 0.6 is 50.1 Å². The number of halogens is 6. The summed E-state index contributed by atoms with van der Waals surface area (Å²) in [5.74, 6) is 24.6. The largest absolute Gasteiger partial charge is 0.426 e. The first-order chi connectivity index (χ1) is 57.0. The zero-order chi connectivity index (χ0) is 83.8. The Balaban J connectivity index is 0.000000147. The van der Waals surface area contributed by atoms with Crippen molar-refractivity contribution >= 4 is 173 Å². The van der Waals surface area contributed by atoms with E-state index < -0.39 is 0 Å².